The molecule has 0 saturated carbocycles. The quantitative estimate of drug-likeness (QED) is 0.650. The number of sulfonamides is 1. The Morgan fingerprint density at radius 2 is 1.93 bits per heavy atom. The second-order valence-corrected chi connectivity index (χ2v) is 8.66. The average Bonchev–Trinajstić information content (AvgIpc) is 3.30. The van der Waals surface area contributed by atoms with E-state index in [9.17, 15) is 13.2 Å². The van der Waals surface area contributed by atoms with Crippen molar-refractivity contribution in [3.63, 3.8) is 0 Å². The van der Waals surface area contributed by atoms with Gasteiger partial charge in [0.15, 0.2) is 0 Å². The van der Waals surface area contributed by atoms with E-state index in [1.54, 1.807) is 36.4 Å². The minimum atomic E-state index is -4.02. The molecule has 1 saturated heterocycles. The lowest BCUT2D eigenvalue weighted by atomic mass is 10.2. The van der Waals surface area contributed by atoms with E-state index in [0.29, 0.717) is 18.9 Å². The molecule has 8 nitrogen and oxygen atoms in total. The van der Waals surface area contributed by atoms with E-state index in [0.717, 1.165) is 17.1 Å². The lowest BCUT2D eigenvalue weighted by molar-refractivity contribution is -0.120. The summed E-state index contributed by atoms with van der Waals surface area (Å²) in [6.07, 6.45) is 1.79. The highest BCUT2D eigenvalue weighted by atomic mass is 32.2. The van der Waals surface area contributed by atoms with Crippen LogP contribution in [-0.4, -0.2) is 54.3 Å². The summed E-state index contributed by atoms with van der Waals surface area (Å²) >= 11 is 0. The summed E-state index contributed by atoms with van der Waals surface area (Å²) in [5.41, 5.74) is 0.245. The van der Waals surface area contributed by atoms with E-state index < -0.39 is 22.5 Å². The van der Waals surface area contributed by atoms with Gasteiger partial charge in [0.05, 0.1) is 30.9 Å². The number of methoxy groups -OCH3 is 2. The van der Waals surface area contributed by atoms with Crippen molar-refractivity contribution in [2.75, 3.05) is 38.2 Å². The van der Waals surface area contributed by atoms with Gasteiger partial charge in [-0.1, -0.05) is 18.2 Å². The van der Waals surface area contributed by atoms with Gasteiger partial charge in [0.1, 0.15) is 18.0 Å². The maximum atomic E-state index is 13.4. The Kier molecular flexibility index (Phi) is 7.17. The van der Waals surface area contributed by atoms with Gasteiger partial charge in [-0.15, -0.1) is 0 Å². The van der Waals surface area contributed by atoms with Gasteiger partial charge in [-0.2, -0.15) is 0 Å². The Balaban J connectivity index is 1.92. The Bertz CT molecular complexity index is 959. The highest BCUT2D eigenvalue weighted by molar-refractivity contribution is 7.92. The molecule has 0 unspecified atom stereocenters. The van der Waals surface area contributed by atoms with Crippen molar-refractivity contribution < 1.29 is 27.4 Å². The van der Waals surface area contributed by atoms with Gasteiger partial charge in [0.25, 0.3) is 10.0 Å². The Hall–Kier alpha value is -2.78. The lowest BCUT2D eigenvalue weighted by Crippen LogP contribution is -2.43. The second kappa shape index (κ2) is 9.82. The third-order valence-corrected chi connectivity index (χ3v) is 6.60. The summed E-state index contributed by atoms with van der Waals surface area (Å²) in [7, 11) is -1.08. The highest BCUT2D eigenvalue weighted by Gasteiger charge is 2.30. The summed E-state index contributed by atoms with van der Waals surface area (Å²) < 4.78 is 43.9. The third kappa shape index (κ3) is 5.03. The van der Waals surface area contributed by atoms with Crippen LogP contribution in [0.3, 0.4) is 0 Å². The summed E-state index contributed by atoms with van der Waals surface area (Å²) in [5, 5.41) is 2.77. The van der Waals surface area contributed by atoms with Crippen LogP contribution < -0.4 is 19.1 Å². The molecule has 1 heterocycles. The molecule has 1 N–H and O–H groups in total. The molecule has 162 valence electrons. The predicted octanol–water partition coefficient (Wildman–Crippen LogP) is 2.19. The van der Waals surface area contributed by atoms with Crippen LogP contribution in [0.1, 0.15) is 12.8 Å². The van der Waals surface area contributed by atoms with Gasteiger partial charge < -0.3 is 19.5 Å². The van der Waals surface area contributed by atoms with Gasteiger partial charge in [-0.3, -0.25) is 9.10 Å². The van der Waals surface area contributed by atoms with Crippen molar-refractivity contribution in [3.8, 4) is 11.5 Å². The van der Waals surface area contributed by atoms with Crippen molar-refractivity contribution in [1.29, 1.82) is 0 Å². The molecule has 0 aliphatic carbocycles. The zero-order valence-corrected chi connectivity index (χ0v) is 17.9. The van der Waals surface area contributed by atoms with Crippen LogP contribution in [0.15, 0.2) is 53.4 Å². The van der Waals surface area contributed by atoms with E-state index >= 15 is 0 Å². The van der Waals surface area contributed by atoms with Crippen molar-refractivity contribution in [1.82, 2.24) is 5.32 Å². The monoisotopic (exact) mass is 434 g/mol. The SMILES string of the molecule is COc1ccc(N(CC(=O)NC[C@@H]2CCCO2)S(=O)(=O)c2ccccc2)c(OC)c1. The van der Waals surface area contributed by atoms with Crippen molar-refractivity contribution in [2.45, 2.75) is 23.8 Å². The van der Waals surface area contributed by atoms with Crippen molar-refractivity contribution >= 4 is 21.6 Å². The Morgan fingerprint density at radius 3 is 2.57 bits per heavy atom. The van der Waals surface area contributed by atoms with Gasteiger partial charge >= 0.3 is 0 Å². The number of carbonyl (C=O) groups is 1. The molecule has 0 radical (unpaired) electrons. The fourth-order valence-corrected chi connectivity index (χ4v) is 4.68. The maximum Gasteiger partial charge on any atom is 0.264 e. The van der Waals surface area contributed by atoms with Crippen LogP contribution in [0, 0.1) is 0 Å². The summed E-state index contributed by atoms with van der Waals surface area (Å²) in [6.45, 7) is 0.628. The molecule has 0 spiro atoms. The molecule has 0 aromatic heterocycles. The number of benzene rings is 2. The summed E-state index contributed by atoms with van der Waals surface area (Å²) in [5.74, 6) is 0.360. The predicted molar refractivity (Wildman–Crippen MR) is 113 cm³/mol. The van der Waals surface area contributed by atoms with Crippen LogP contribution in [0.2, 0.25) is 0 Å². The fourth-order valence-electron chi connectivity index (χ4n) is 3.23. The normalized spacial score (nSPS) is 16.1. The van der Waals surface area contributed by atoms with E-state index in [1.165, 1.54) is 26.4 Å². The van der Waals surface area contributed by atoms with E-state index in [-0.39, 0.29) is 22.4 Å². The standard InChI is InChI=1S/C21H26N2O6S/c1-27-16-10-11-19(20(13-16)28-2)23(30(25,26)18-8-4-3-5-9-18)15-21(24)22-14-17-7-6-12-29-17/h3-5,8-11,13,17H,6-7,12,14-15H2,1-2H3,(H,22,24)/t17-/m0/s1. The fraction of sp³-hybridized carbons (Fsp3) is 0.381. The van der Waals surface area contributed by atoms with Crippen LogP contribution in [-0.2, 0) is 19.6 Å². The average molecular weight is 435 g/mol. The summed E-state index contributed by atoms with van der Waals surface area (Å²) in [6, 6.07) is 12.7. The van der Waals surface area contributed by atoms with Crippen LogP contribution in [0.25, 0.3) is 0 Å². The molecule has 30 heavy (non-hydrogen) atoms. The number of nitrogens with zero attached hydrogens (tertiary/aromatic N) is 1. The number of anilines is 1. The van der Waals surface area contributed by atoms with Crippen molar-refractivity contribution in [3.05, 3.63) is 48.5 Å². The minimum absolute atomic E-state index is 0.0383. The van der Waals surface area contributed by atoms with Gasteiger partial charge in [-0.05, 0) is 37.1 Å². The molecule has 1 amide bonds. The zero-order valence-electron chi connectivity index (χ0n) is 17.0. The van der Waals surface area contributed by atoms with Gasteiger partial charge in [0.2, 0.25) is 5.91 Å². The molecule has 1 aliphatic rings. The van der Waals surface area contributed by atoms with E-state index in [1.807, 2.05) is 0 Å². The Morgan fingerprint density at radius 1 is 1.17 bits per heavy atom. The number of hydrogen-bond donors (Lipinski definition) is 1. The molecule has 3 rings (SSSR count). The second-order valence-electron chi connectivity index (χ2n) is 6.80. The van der Waals surface area contributed by atoms with Crippen LogP contribution in [0.5, 0.6) is 11.5 Å². The number of amides is 1. The number of nitrogens with one attached hydrogen (secondary N) is 1. The molecule has 0 bridgehead atoms. The molecular formula is C21H26N2O6S. The first-order chi connectivity index (χ1) is 14.5. The maximum absolute atomic E-state index is 13.4. The third-order valence-electron chi connectivity index (χ3n) is 4.82. The number of hydrogen-bond acceptors (Lipinski definition) is 6. The smallest absolute Gasteiger partial charge is 0.264 e. The van der Waals surface area contributed by atoms with E-state index in [4.69, 9.17) is 14.2 Å². The number of carbonyl (C=O) groups excluding carboxylic acids is 1. The number of rotatable bonds is 9. The summed E-state index contributed by atoms with van der Waals surface area (Å²) in [4.78, 5) is 12.7. The zero-order chi connectivity index (χ0) is 21.6. The first kappa shape index (κ1) is 21.9. The topological polar surface area (TPSA) is 94.2 Å². The first-order valence-corrected chi connectivity index (χ1v) is 11.1. The molecule has 1 fully saturated rings. The molecule has 1 aliphatic heterocycles. The number of ether oxygens (including phenoxy) is 3. The molecular weight excluding hydrogens is 408 g/mol. The molecule has 2 aromatic carbocycles. The highest BCUT2D eigenvalue weighted by Crippen LogP contribution is 2.35. The van der Waals surface area contributed by atoms with E-state index in [2.05, 4.69) is 5.32 Å². The van der Waals surface area contributed by atoms with Crippen molar-refractivity contribution in [2.24, 2.45) is 0 Å². The molecule has 9 heteroatoms. The van der Waals surface area contributed by atoms with Crippen LogP contribution in [0.4, 0.5) is 5.69 Å². The first-order valence-electron chi connectivity index (χ1n) is 9.64. The van der Waals surface area contributed by atoms with Crippen LogP contribution >= 0.6 is 0 Å². The molecule has 2 aromatic rings. The minimum Gasteiger partial charge on any atom is -0.497 e. The largest absolute Gasteiger partial charge is 0.497 e. The van der Waals surface area contributed by atoms with Gasteiger partial charge in [0, 0.05) is 19.2 Å². The Labute approximate surface area is 176 Å². The lowest BCUT2D eigenvalue weighted by Gasteiger charge is -2.26. The van der Waals surface area contributed by atoms with Gasteiger partial charge in [-0.25, -0.2) is 8.42 Å². The molecule has 1 atom stereocenters.